The van der Waals surface area contributed by atoms with E-state index in [1.165, 1.54) is 24.3 Å². The molecular weight excluding hydrogens is 214 g/mol. The number of benzene rings is 1. The number of nitrogens with one attached hydrogen (secondary N) is 1. The van der Waals surface area contributed by atoms with Gasteiger partial charge in [-0.2, -0.15) is 5.10 Å². The Labute approximate surface area is 88.9 Å². The number of rotatable bonds is 2. The lowest BCUT2D eigenvalue weighted by Crippen LogP contribution is -2.22. The molecule has 1 aromatic rings. The van der Waals surface area contributed by atoms with Gasteiger partial charge in [0.1, 0.15) is 5.71 Å². The van der Waals surface area contributed by atoms with Gasteiger partial charge >= 0.3 is 5.91 Å². The Morgan fingerprint density at radius 1 is 1.19 bits per heavy atom. The Kier molecular flexibility index (Phi) is 2.20. The quantitative estimate of drug-likeness (QED) is 0.429. The van der Waals surface area contributed by atoms with E-state index in [-0.39, 0.29) is 11.4 Å². The maximum Gasteiger partial charge on any atom is 0.314 e. The normalized spacial score (nSPS) is 14.6. The molecule has 16 heavy (non-hydrogen) atoms. The first-order chi connectivity index (χ1) is 7.59. The topological polar surface area (TPSA) is 102 Å². The average Bonchev–Trinajstić information content (AvgIpc) is 2.60. The molecular formula is C9H5N3O4. The van der Waals surface area contributed by atoms with Crippen LogP contribution in [-0.2, 0) is 9.59 Å². The minimum absolute atomic E-state index is 0.0279. The van der Waals surface area contributed by atoms with Crippen molar-refractivity contribution in [2.75, 3.05) is 0 Å². The van der Waals surface area contributed by atoms with E-state index >= 15 is 0 Å². The smallest absolute Gasteiger partial charge is 0.281 e. The molecule has 0 atom stereocenters. The van der Waals surface area contributed by atoms with Gasteiger partial charge < -0.3 is 0 Å². The maximum absolute atomic E-state index is 11.2. The highest BCUT2D eigenvalue weighted by molar-refractivity contribution is 6.69. The van der Waals surface area contributed by atoms with E-state index in [0.29, 0.717) is 5.56 Å². The van der Waals surface area contributed by atoms with Crippen molar-refractivity contribution >= 4 is 23.1 Å². The zero-order valence-electron chi connectivity index (χ0n) is 7.84. The number of Topliss-reactive ketones (excluding diaryl/α,β-unsaturated/α-hetero) is 1. The molecule has 1 aliphatic rings. The van der Waals surface area contributed by atoms with Crippen LogP contribution < -0.4 is 5.43 Å². The first-order valence-corrected chi connectivity index (χ1v) is 4.27. The Morgan fingerprint density at radius 3 is 2.25 bits per heavy atom. The third kappa shape index (κ3) is 1.54. The number of ketones is 1. The molecule has 80 valence electrons. The highest BCUT2D eigenvalue weighted by Crippen LogP contribution is 2.13. The highest BCUT2D eigenvalue weighted by Gasteiger charge is 2.28. The number of hydrazone groups is 1. The van der Waals surface area contributed by atoms with E-state index in [4.69, 9.17) is 0 Å². The van der Waals surface area contributed by atoms with Crippen molar-refractivity contribution in [1.29, 1.82) is 0 Å². The van der Waals surface area contributed by atoms with Crippen molar-refractivity contribution in [3.8, 4) is 0 Å². The predicted octanol–water partition coefficient (Wildman–Crippen LogP) is -0.00220. The Hall–Kier alpha value is -2.57. The van der Waals surface area contributed by atoms with Gasteiger partial charge in [0.05, 0.1) is 4.92 Å². The van der Waals surface area contributed by atoms with E-state index in [0.717, 1.165) is 0 Å². The molecule has 0 aliphatic carbocycles. The summed E-state index contributed by atoms with van der Waals surface area (Å²) in [7, 11) is 0. The molecule has 0 saturated carbocycles. The summed E-state index contributed by atoms with van der Waals surface area (Å²) in [4.78, 5) is 31.9. The lowest BCUT2D eigenvalue weighted by Gasteiger charge is -1.96. The number of nitro benzene ring substituents is 1. The fourth-order valence-corrected chi connectivity index (χ4v) is 1.25. The van der Waals surface area contributed by atoms with E-state index in [2.05, 4.69) is 5.10 Å². The molecule has 1 amide bonds. The number of nitro groups is 1. The predicted molar refractivity (Wildman–Crippen MR) is 52.8 cm³/mol. The fourth-order valence-electron chi connectivity index (χ4n) is 1.25. The molecule has 0 bridgehead atoms. The largest absolute Gasteiger partial charge is 0.314 e. The number of hydrogen-bond donors (Lipinski definition) is 1. The van der Waals surface area contributed by atoms with Crippen molar-refractivity contribution in [2.24, 2.45) is 5.10 Å². The van der Waals surface area contributed by atoms with Crippen molar-refractivity contribution < 1.29 is 14.5 Å². The van der Waals surface area contributed by atoms with Crippen LogP contribution >= 0.6 is 0 Å². The van der Waals surface area contributed by atoms with Crippen LogP contribution in [0.5, 0.6) is 0 Å². The second-order valence-electron chi connectivity index (χ2n) is 3.03. The highest BCUT2D eigenvalue weighted by atomic mass is 16.6. The van der Waals surface area contributed by atoms with E-state index < -0.39 is 16.6 Å². The number of hydrogen-bond acceptors (Lipinski definition) is 5. The van der Waals surface area contributed by atoms with Gasteiger partial charge in [0.25, 0.3) is 11.5 Å². The molecule has 0 spiro atoms. The molecule has 2 rings (SSSR count). The Morgan fingerprint density at radius 2 is 1.81 bits per heavy atom. The van der Waals surface area contributed by atoms with E-state index in [1.807, 2.05) is 5.43 Å². The van der Waals surface area contributed by atoms with Crippen LogP contribution in [-0.4, -0.2) is 22.3 Å². The minimum atomic E-state index is -0.798. The van der Waals surface area contributed by atoms with Crippen molar-refractivity contribution in [3.63, 3.8) is 0 Å². The molecule has 7 heteroatoms. The standard InChI is InChI=1S/C9H5N3O4/c13-8-7(10-11-9(8)14)5-1-3-6(4-2-5)12(15)16/h1-4H,(H,11,13,14). The molecule has 1 N–H and O–H groups in total. The van der Waals surface area contributed by atoms with Crippen LogP contribution in [0.3, 0.4) is 0 Å². The Balaban J connectivity index is 2.33. The summed E-state index contributed by atoms with van der Waals surface area (Å²) in [6.07, 6.45) is 0. The summed E-state index contributed by atoms with van der Waals surface area (Å²) in [6, 6.07) is 5.23. The third-order valence-corrected chi connectivity index (χ3v) is 2.04. The molecule has 1 aliphatic heterocycles. The second-order valence-corrected chi connectivity index (χ2v) is 3.03. The van der Waals surface area contributed by atoms with Gasteiger partial charge in [0.15, 0.2) is 0 Å². The van der Waals surface area contributed by atoms with Gasteiger partial charge in [0, 0.05) is 17.7 Å². The number of carbonyl (C=O) groups excluding carboxylic acids is 2. The first-order valence-electron chi connectivity index (χ1n) is 4.27. The number of carbonyl (C=O) groups is 2. The number of amides is 1. The number of nitrogens with zero attached hydrogens (tertiary/aromatic N) is 2. The maximum atomic E-state index is 11.2. The molecule has 0 saturated heterocycles. The molecule has 7 nitrogen and oxygen atoms in total. The molecule has 0 unspecified atom stereocenters. The summed E-state index contributed by atoms with van der Waals surface area (Å²) in [5, 5.41) is 13.9. The summed E-state index contributed by atoms with van der Waals surface area (Å²) in [5.41, 5.74) is 2.27. The third-order valence-electron chi connectivity index (χ3n) is 2.04. The van der Waals surface area contributed by atoms with E-state index in [9.17, 15) is 19.7 Å². The lowest BCUT2D eigenvalue weighted by molar-refractivity contribution is -0.384. The molecule has 1 aromatic carbocycles. The summed E-state index contributed by atoms with van der Waals surface area (Å²) in [6.45, 7) is 0. The van der Waals surface area contributed by atoms with Gasteiger partial charge in [0.2, 0.25) is 0 Å². The van der Waals surface area contributed by atoms with Crippen molar-refractivity contribution in [1.82, 2.24) is 5.43 Å². The van der Waals surface area contributed by atoms with Crippen LogP contribution in [0.4, 0.5) is 5.69 Å². The summed E-state index contributed by atoms with van der Waals surface area (Å²) < 4.78 is 0. The zero-order chi connectivity index (χ0) is 11.7. The van der Waals surface area contributed by atoms with Gasteiger partial charge in [-0.1, -0.05) is 0 Å². The fraction of sp³-hybridized carbons (Fsp3) is 0. The lowest BCUT2D eigenvalue weighted by atomic mass is 10.1. The summed E-state index contributed by atoms with van der Waals surface area (Å²) in [5.74, 6) is -1.54. The van der Waals surface area contributed by atoms with Crippen molar-refractivity contribution in [3.05, 3.63) is 39.9 Å². The number of non-ortho nitro benzene ring substituents is 1. The van der Waals surface area contributed by atoms with Crippen LogP contribution in [0, 0.1) is 10.1 Å². The molecule has 0 aromatic heterocycles. The van der Waals surface area contributed by atoms with Crippen LogP contribution in [0.15, 0.2) is 29.4 Å². The Bertz CT molecular complexity index is 518. The SMILES string of the molecule is O=C1NN=C(c2ccc([N+](=O)[O-])cc2)C1=O. The first kappa shape index (κ1) is 9.97. The van der Waals surface area contributed by atoms with Crippen LogP contribution in [0.25, 0.3) is 0 Å². The average molecular weight is 219 g/mol. The van der Waals surface area contributed by atoms with Gasteiger partial charge in [-0.3, -0.25) is 19.7 Å². The van der Waals surface area contributed by atoms with Gasteiger partial charge in [-0.25, -0.2) is 5.43 Å². The molecule has 0 fully saturated rings. The monoisotopic (exact) mass is 219 g/mol. The summed E-state index contributed by atoms with van der Waals surface area (Å²) >= 11 is 0. The zero-order valence-corrected chi connectivity index (χ0v) is 7.84. The van der Waals surface area contributed by atoms with Crippen LogP contribution in [0.1, 0.15) is 5.56 Å². The van der Waals surface area contributed by atoms with E-state index in [1.54, 1.807) is 0 Å². The van der Waals surface area contributed by atoms with Gasteiger partial charge in [-0.15, -0.1) is 0 Å². The molecule has 1 heterocycles. The second kappa shape index (κ2) is 3.54. The van der Waals surface area contributed by atoms with Gasteiger partial charge in [-0.05, 0) is 12.1 Å². The minimum Gasteiger partial charge on any atom is -0.281 e. The molecule has 0 radical (unpaired) electrons. The van der Waals surface area contributed by atoms with Crippen LogP contribution in [0.2, 0.25) is 0 Å². The van der Waals surface area contributed by atoms with Crippen molar-refractivity contribution in [2.45, 2.75) is 0 Å².